The van der Waals surface area contributed by atoms with Crippen LogP contribution in [0.25, 0.3) is 0 Å². The molecule has 0 spiro atoms. The Morgan fingerprint density at radius 2 is 2.33 bits per heavy atom. The molecule has 0 bridgehead atoms. The third-order valence-electron chi connectivity index (χ3n) is 3.25. The molecule has 1 aliphatic rings. The van der Waals surface area contributed by atoms with Gasteiger partial charge in [0.05, 0.1) is 12.2 Å². The minimum atomic E-state index is -0.0471. The van der Waals surface area contributed by atoms with Crippen molar-refractivity contribution in [3.63, 3.8) is 0 Å². The van der Waals surface area contributed by atoms with Crippen LogP contribution in [-0.4, -0.2) is 52.5 Å². The van der Waals surface area contributed by atoms with Crippen LogP contribution in [0.15, 0.2) is 6.20 Å². The molecule has 2 heterocycles. The fourth-order valence-electron chi connectivity index (χ4n) is 1.76. The molecule has 1 N–H and O–H groups in total. The van der Waals surface area contributed by atoms with Crippen LogP contribution in [0.5, 0.6) is 0 Å². The summed E-state index contributed by atoms with van der Waals surface area (Å²) in [6.45, 7) is 6.87. The molecular weight excluding hydrogens is 230 g/mol. The number of rotatable bonds is 5. The molecule has 0 aromatic carbocycles. The van der Waals surface area contributed by atoms with Crippen LogP contribution in [0, 0.1) is 5.92 Å². The predicted molar refractivity (Wildman–Crippen MR) is 68.3 cm³/mol. The maximum atomic E-state index is 12.1. The normalized spacial score (nSPS) is 15.8. The zero-order chi connectivity index (χ0) is 13.1. The standard InChI is InChI=1S/C12H21N5O/c1-9(2)4-5-16(3)12(18)11-8-17(15-14-11)10-6-13-7-10/h8-10,13H,4-7H2,1-3H3. The lowest BCUT2D eigenvalue weighted by Crippen LogP contribution is -2.43. The zero-order valence-corrected chi connectivity index (χ0v) is 11.3. The molecule has 1 amide bonds. The van der Waals surface area contributed by atoms with Crippen molar-refractivity contribution in [3.8, 4) is 0 Å². The molecule has 0 saturated carbocycles. The number of aromatic nitrogens is 3. The first-order chi connectivity index (χ1) is 8.58. The van der Waals surface area contributed by atoms with Crippen molar-refractivity contribution in [2.24, 2.45) is 5.92 Å². The van der Waals surface area contributed by atoms with E-state index in [-0.39, 0.29) is 5.91 Å². The Balaban J connectivity index is 1.93. The van der Waals surface area contributed by atoms with Crippen molar-refractivity contribution in [1.29, 1.82) is 0 Å². The Kier molecular flexibility index (Phi) is 3.96. The molecule has 100 valence electrons. The van der Waals surface area contributed by atoms with Gasteiger partial charge in [-0.3, -0.25) is 4.79 Å². The molecular formula is C12H21N5O. The number of carbonyl (C=O) groups excluding carboxylic acids is 1. The zero-order valence-electron chi connectivity index (χ0n) is 11.3. The molecule has 0 atom stereocenters. The SMILES string of the molecule is CC(C)CCN(C)C(=O)c1cn(C2CNC2)nn1. The first kappa shape index (κ1) is 13.0. The fraction of sp³-hybridized carbons (Fsp3) is 0.750. The van der Waals surface area contributed by atoms with Crippen molar-refractivity contribution < 1.29 is 4.79 Å². The summed E-state index contributed by atoms with van der Waals surface area (Å²) in [5.41, 5.74) is 0.438. The van der Waals surface area contributed by atoms with Crippen LogP contribution in [0.1, 0.15) is 36.8 Å². The molecule has 0 aliphatic carbocycles. The highest BCUT2D eigenvalue weighted by molar-refractivity contribution is 5.91. The van der Waals surface area contributed by atoms with Gasteiger partial charge in [0.25, 0.3) is 5.91 Å². The van der Waals surface area contributed by atoms with Gasteiger partial charge in [-0.2, -0.15) is 0 Å². The Bertz CT molecular complexity index is 410. The number of carbonyl (C=O) groups is 1. The topological polar surface area (TPSA) is 63.1 Å². The van der Waals surface area contributed by atoms with Gasteiger partial charge < -0.3 is 10.2 Å². The second-order valence-electron chi connectivity index (χ2n) is 5.31. The molecule has 1 saturated heterocycles. The van der Waals surface area contributed by atoms with Crippen LogP contribution < -0.4 is 5.32 Å². The van der Waals surface area contributed by atoms with Gasteiger partial charge in [-0.05, 0) is 12.3 Å². The molecule has 1 aliphatic heterocycles. The highest BCUT2D eigenvalue weighted by Crippen LogP contribution is 2.11. The van der Waals surface area contributed by atoms with Gasteiger partial charge in [0, 0.05) is 26.7 Å². The van der Waals surface area contributed by atoms with E-state index in [1.54, 1.807) is 15.8 Å². The van der Waals surface area contributed by atoms with Crippen LogP contribution in [-0.2, 0) is 0 Å². The smallest absolute Gasteiger partial charge is 0.275 e. The molecule has 1 aromatic heterocycles. The lowest BCUT2D eigenvalue weighted by atomic mass is 10.1. The van der Waals surface area contributed by atoms with Crippen LogP contribution >= 0.6 is 0 Å². The van der Waals surface area contributed by atoms with E-state index in [1.165, 1.54) is 0 Å². The average molecular weight is 251 g/mol. The molecule has 18 heavy (non-hydrogen) atoms. The highest BCUT2D eigenvalue weighted by atomic mass is 16.2. The number of nitrogens with zero attached hydrogens (tertiary/aromatic N) is 4. The van der Waals surface area contributed by atoms with E-state index < -0.39 is 0 Å². The van der Waals surface area contributed by atoms with Crippen molar-refractivity contribution in [2.45, 2.75) is 26.3 Å². The minimum Gasteiger partial charge on any atom is -0.340 e. The van der Waals surface area contributed by atoms with Crippen molar-refractivity contribution >= 4 is 5.91 Å². The maximum absolute atomic E-state index is 12.1. The monoisotopic (exact) mass is 251 g/mol. The maximum Gasteiger partial charge on any atom is 0.275 e. The Morgan fingerprint density at radius 1 is 1.61 bits per heavy atom. The van der Waals surface area contributed by atoms with E-state index in [0.29, 0.717) is 17.7 Å². The molecule has 6 heteroatoms. The summed E-state index contributed by atoms with van der Waals surface area (Å²) in [5.74, 6) is 0.547. The second-order valence-corrected chi connectivity index (χ2v) is 5.31. The first-order valence-electron chi connectivity index (χ1n) is 6.46. The Labute approximate surface area is 107 Å². The van der Waals surface area contributed by atoms with Crippen molar-refractivity contribution in [2.75, 3.05) is 26.7 Å². The molecule has 1 fully saturated rings. The number of nitrogens with one attached hydrogen (secondary N) is 1. The number of hydrogen-bond acceptors (Lipinski definition) is 4. The van der Waals surface area contributed by atoms with Crippen LogP contribution in [0.4, 0.5) is 0 Å². The first-order valence-corrected chi connectivity index (χ1v) is 6.46. The summed E-state index contributed by atoms with van der Waals surface area (Å²) in [4.78, 5) is 13.8. The van der Waals surface area contributed by atoms with Crippen LogP contribution in [0.3, 0.4) is 0 Å². The van der Waals surface area contributed by atoms with Gasteiger partial charge in [0.1, 0.15) is 0 Å². The van der Waals surface area contributed by atoms with E-state index in [2.05, 4.69) is 29.5 Å². The van der Waals surface area contributed by atoms with E-state index in [0.717, 1.165) is 26.1 Å². The third-order valence-corrected chi connectivity index (χ3v) is 3.25. The van der Waals surface area contributed by atoms with Gasteiger partial charge in [-0.1, -0.05) is 19.1 Å². The molecule has 0 unspecified atom stereocenters. The molecule has 2 rings (SSSR count). The molecule has 0 radical (unpaired) electrons. The van der Waals surface area contributed by atoms with E-state index in [4.69, 9.17) is 0 Å². The largest absolute Gasteiger partial charge is 0.340 e. The highest BCUT2D eigenvalue weighted by Gasteiger charge is 2.22. The van der Waals surface area contributed by atoms with Crippen molar-refractivity contribution in [1.82, 2.24) is 25.2 Å². The van der Waals surface area contributed by atoms with Crippen molar-refractivity contribution in [3.05, 3.63) is 11.9 Å². The average Bonchev–Trinajstić information content (AvgIpc) is 2.71. The fourth-order valence-corrected chi connectivity index (χ4v) is 1.76. The summed E-state index contributed by atoms with van der Waals surface area (Å²) in [5, 5.41) is 11.1. The van der Waals surface area contributed by atoms with Gasteiger partial charge >= 0.3 is 0 Å². The number of hydrogen-bond donors (Lipinski definition) is 1. The van der Waals surface area contributed by atoms with E-state index >= 15 is 0 Å². The lowest BCUT2D eigenvalue weighted by Gasteiger charge is -2.26. The predicted octanol–water partition coefficient (Wildman–Crippen LogP) is 0.540. The Hall–Kier alpha value is -1.43. The van der Waals surface area contributed by atoms with Gasteiger partial charge in [-0.15, -0.1) is 5.10 Å². The lowest BCUT2D eigenvalue weighted by molar-refractivity contribution is 0.0783. The third kappa shape index (κ3) is 2.87. The number of amides is 1. The Morgan fingerprint density at radius 3 is 2.89 bits per heavy atom. The summed E-state index contributed by atoms with van der Waals surface area (Å²) < 4.78 is 1.78. The molecule has 1 aromatic rings. The van der Waals surface area contributed by atoms with E-state index in [9.17, 15) is 4.79 Å². The van der Waals surface area contributed by atoms with Crippen LogP contribution in [0.2, 0.25) is 0 Å². The van der Waals surface area contributed by atoms with Gasteiger partial charge in [0.2, 0.25) is 0 Å². The van der Waals surface area contributed by atoms with Gasteiger partial charge in [-0.25, -0.2) is 4.68 Å². The van der Waals surface area contributed by atoms with Gasteiger partial charge in [0.15, 0.2) is 5.69 Å². The molecule has 6 nitrogen and oxygen atoms in total. The quantitative estimate of drug-likeness (QED) is 0.829. The minimum absolute atomic E-state index is 0.0471. The van der Waals surface area contributed by atoms with E-state index in [1.807, 2.05) is 7.05 Å². The summed E-state index contributed by atoms with van der Waals surface area (Å²) in [6, 6.07) is 0.347. The second kappa shape index (κ2) is 5.48. The summed E-state index contributed by atoms with van der Waals surface area (Å²) in [6.07, 6.45) is 2.75. The summed E-state index contributed by atoms with van der Waals surface area (Å²) >= 11 is 0. The summed E-state index contributed by atoms with van der Waals surface area (Å²) in [7, 11) is 1.81.